The second kappa shape index (κ2) is 6.35. The first-order valence-corrected chi connectivity index (χ1v) is 7.56. The summed E-state index contributed by atoms with van der Waals surface area (Å²) in [5, 5.41) is 4.34. The molecule has 6 heteroatoms. The molecular weight excluding hydrogens is 272 g/mol. The van der Waals surface area contributed by atoms with Crippen LogP contribution in [-0.4, -0.2) is 38.2 Å². The van der Waals surface area contributed by atoms with E-state index in [1.165, 1.54) is 0 Å². The van der Waals surface area contributed by atoms with Gasteiger partial charge in [0, 0.05) is 13.1 Å². The topological polar surface area (TPSA) is 64.2 Å². The Kier molecular flexibility index (Phi) is 4.75. The summed E-state index contributed by atoms with van der Waals surface area (Å²) < 4.78 is 1.66. The SMILES string of the molecule is CCc1cc(C(=O)N(CC(N)=S)C2CCCC2)n(C)n1. The van der Waals surface area contributed by atoms with Crippen LogP contribution in [0.1, 0.15) is 48.8 Å². The summed E-state index contributed by atoms with van der Waals surface area (Å²) in [6.07, 6.45) is 5.22. The maximum atomic E-state index is 12.8. The number of nitrogens with zero attached hydrogens (tertiary/aromatic N) is 3. The average molecular weight is 294 g/mol. The van der Waals surface area contributed by atoms with Crippen LogP contribution in [0.3, 0.4) is 0 Å². The maximum absolute atomic E-state index is 12.8. The highest BCUT2D eigenvalue weighted by molar-refractivity contribution is 7.80. The van der Waals surface area contributed by atoms with Crippen molar-refractivity contribution in [2.45, 2.75) is 45.1 Å². The molecule has 1 aromatic rings. The lowest BCUT2D eigenvalue weighted by molar-refractivity contribution is 0.0703. The number of aryl methyl sites for hydroxylation is 2. The molecule has 1 aliphatic carbocycles. The van der Waals surface area contributed by atoms with Gasteiger partial charge in [-0.1, -0.05) is 32.0 Å². The molecule has 0 spiro atoms. The molecule has 0 unspecified atom stereocenters. The van der Waals surface area contributed by atoms with Crippen molar-refractivity contribution < 1.29 is 4.79 Å². The van der Waals surface area contributed by atoms with Gasteiger partial charge in [-0.25, -0.2) is 0 Å². The van der Waals surface area contributed by atoms with Gasteiger partial charge in [-0.05, 0) is 25.3 Å². The quantitative estimate of drug-likeness (QED) is 0.839. The summed E-state index contributed by atoms with van der Waals surface area (Å²) in [4.78, 5) is 15.0. The Bertz CT molecular complexity index is 505. The third-order valence-electron chi connectivity index (χ3n) is 3.86. The Hall–Kier alpha value is -1.43. The van der Waals surface area contributed by atoms with Crippen molar-refractivity contribution in [2.24, 2.45) is 12.8 Å². The van der Waals surface area contributed by atoms with E-state index in [0.717, 1.165) is 37.8 Å². The zero-order valence-corrected chi connectivity index (χ0v) is 12.9. The molecule has 5 nitrogen and oxygen atoms in total. The largest absolute Gasteiger partial charge is 0.392 e. The van der Waals surface area contributed by atoms with Gasteiger partial charge in [0.15, 0.2) is 0 Å². The van der Waals surface area contributed by atoms with E-state index in [9.17, 15) is 4.79 Å². The van der Waals surface area contributed by atoms with Crippen LogP contribution in [0.2, 0.25) is 0 Å². The van der Waals surface area contributed by atoms with Crippen LogP contribution >= 0.6 is 12.2 Å². The van der Waals surface area contributed by atoms with E-state index >= 15 is 0 Å². The van der Waals surface area contributed by atoms with Gasteiger partial charge in [0.25, 0.3) is 5.91 Å². The predicted octanol–water partition coefficient (Wildman–Crippen LogP) is 1.65. The summed E-state index contributed by atoms with van der Waals surface area (Å²) in [5.41, 5.74) is 7.21. The van der Waals surface area contributed by atoms with Crippen LogP contribution in [0.4, 0.5) is 0 Å². The van der Waals surface area contributed by atoms with E-state index in [2.05, 4.69) is 5.10 Å². The number of carbonyl (C=O) groups excluding carboxylic acids is 1. The van der Waals surface area contributed by atoms with Gasteiger partial charge >= 0.3 is 0 Å². The van der Waals surface area contributed by atoms with Crippen LogP contribution < -0.4 is 5.73 Å². The Balaban J connectivity index is 2.24. The third-order valence-corrected chi connectivity index (χ3v) is 3.99. The summed E-state index contributed by atoms with van der Waals surface area (Å²) in [6, 6.07) is 2.12. The van der Waals surface area contributed by atoms with E-state index in [0.29, 0.717) is 17.2 Å². The number of hydrogen-bond acceptors (Lipinski definition) is 3. The lowest BCUT2D eigenvalue weighted by Crippen LogP contribution is -2.44. The Labute approximate surface area is 125 Å². The zero-order valence-electron chi connectivity index (χ0n) is 12.1. The molecule has 1 saturated carbocycles. The Morgan fingerprint density at radius 3 is 2.70 bits per heavy atom. The van der Waals surface area contributed by atoms with Crippen molar-refractivity contribution in [3.63, 3.8) is 0 Å². The second-order valence-corrected chi connectivity index (χ2v) is 5.86. The molecule has 1 aliphatic rings. The summed E-state index contributed by atoms with van der Waals surface area (Å²) in [7, 11) is 1.81. The average Bonchev–Trinajstić information content (AvgIpc) is 3.04. The summed E-state index contributed by atoms with van der Waals surface area (Å²) >= 11 is 5.00. The first kappa shape index (κ1) is 15.0. The van der Waals surface area contributed by atoms with Crippen molar-refractivity contribution in [2.75, 3.05) is 6.54 Å². The zero-order chi connectivity index (χ0) is 14.7. The molecule has 0 aromatic carbocycles. The van der Waals surface area contributed by atoms with Gasteiger partial charge in [0.05, 0.1) is 17.2 Å². The minimum absolute atomic E-state index is 0.0144. The van der Waals surface area contributed by atoms with Crippen LogP contribution in [-0.2, 0) is 13.5 Å². The Morgan fingerprint density at radius 2 is 2.20 bits per heavy atom. The van der Waals surface area contributed by atoms with Gasteiger partial charge in [-0.2, -0.15) is 5.10 Å². The number of nitrogens with two attached hydrogens (primary N) is 1. The smallest absolute Gasteiger partial charge is 0.272 e. The molecule has 20 heavy (non-hydrogen) atoms. The third kappa shape index (κ3) is 3.17. The monoisotopic (exact) mass is 294 g/mol. The van der Waals surface area contributed by atoms with E-state index < -0.39 is 0 Å². The molecule has 110 valence electrons. The molecule has 0 aliphatic heterocycles. The van der Waals surface area contributed by atoms with Gasteiger partial charge in [-0.3, -0.25) is 9.48 Å². The molecule has 0 saturated heterocycles. The first-order chi connectivity index (χ1) is 9.52. The first-order valence-electron chi connectivity index (χ1n) is 7.15. The van der Waals surface area contributed by atoms with Gasteiger partial charge in [0.1, 0.15) is 5.69 Å². The van der Waals surface area contributed by atoms with Crippen LogP contribution in [0, 0.1) is 0 Å². The van der Waals surface area contributed by atoms with Crippen molar-refractivity contribution in [1.29, 1.82) is 0 Å². The standard InChI is InChI=1S/C14H22N4OS/c1-3-10-8-12(17(2)16-10)14(19)18(9-13(15)20)11-6-4-5-7-11/h8,11H,3-7,9H2,1-2H3,(H2,15,20). The highest BCUT2D eigenvalue weighted by Crippen LogP contribution is 2.25. The van der Waals surface area contributed by atoms with Crippen molar-refractivity contribution in [3.05, 3.63) is 17.5 Å². The van der Waals surface area contributed by atoms with Crippen molar-refractivity contribution in [3.8, 4) is 0 Å². The number of carbonyl (C=O) groups is 1. The number of amides is 1. The van der Waals surface area contributed by atoms with E-state index in [1.54, 1.807) is 11.7 Å². The molecule has 2 rings (SSSR count). The fourth-order valence-corrected chi connectivity index (χ4v) is 2.94. The molecule has 1 fully saturated rings. The lowest BCUT2D eigenvalue weighted by atomic mass is 10.2. The fourth-order valence-electron chi connectivity index (χ4n) is 2.80. The van der Waals surface area contributed by atoms with Crippen molar-refractivity contribution >= 4 is 23.1 Å². The minimum atomic E-state index is -0.0144. The molecule has 0 bridgehead atoms. The Morgan fingerprint density at radius 1 is 1.55 bits per heavy atom. The molecule has 1 aromatic heterocycles. The predicted molar refractivity (Wildman–Crippen MR) is 82.7 cm³/mol. The maximum Gasteiger partial charge on any atom is 0.272 e. The number of thiocarbonyl (C=S) groups is 1. The molecule has 0 atom stereocenters. The highest BCUT2D eigenvalue weighted by atomic mass is 32.1. The van der Waals surface area contributed by atoms with E-state index in [4.69, 9.17) is 18.0 Å². The number of aromatic nitrogens is 2. The molecular formula is C14H22N4OS. The molecule has 1 amide bonds. The normalized spacial score (nSPS) is 15.5. The number of hydrogen-bond donors (Lipinski definition) is 1. The highest BCUT2D eigenvalue weighted by Gasteiger charge is 2.29. The molecule has 1 heterocycles. The van der Waals surface area contributed by atoms with Crippen molar-refractivity contribution in [1.82, 2.24) is 14.7 Å². The van der Waals surface area contributed by atoms with Gasteiger partial charge in [0.2, 0.25) is 0 Å². The van der Waals surface area contributed by atoms with Crippen LogP contribution in [0.25, 0.3) is 0 Å². The van der Waals surface area contributed by atoms with E-state index in [1.807, 2.05) is 17.9 Å². The fraction of sp³-hybridized carbons (Fsp3) is 0.643. The van der Waals surface area contributed by atoms with Gasteiger partial charge in [-0.15, -0.1) is 0 Å². The number of rotatable bonds is 5. The second-order valence-electron chi connectivity index (χ2n) is 5.34. The van der Waals surface area contributed by atoms with Crippen LogP contribution in [0.5, 0.6) is 0 Å². The van der Waals surface area contributed by atoms with Gasteiger partial charge < -0.3 is 10.6 Å². The minimum Gasteiger partial charge on any atom is -0.392 e. The molecule has 2 N–H and O–H groups in total. The summed E-state index contributed by atoms with van der Waals surface area (Å²) in [5.74, 6) is -0.0144. The molecule has 0 radical (unpaired) electrons. The lowest BCUT2D eigenvalue weighted by Gasteiger charge is -2.28. The van der Waals surface area contributed by atoms with Crippen LogP contribution in [0.15, 0.2) is 6.07 Å². The van der Waals surface area contributed by atoms with E-state index in [-0.39, 0.29) is 11.9 Å². The summed E-state index contributed by atoms with van der Waals surface area (Å²) in [6.45, 7) is 2.38.